The van der Waals surface area contributed by atoms with Crippen LogP contribution in [0.1, 0.15) is 38.2 Å². The van der Waals surface area contributed by atoms with Gasteiger partial charge in [-0.25, -0.2) is 9.97 Å². The lowest BCUT2D eigenvalue weighted by Crippen LogP contribution is -2.39. The van der Waals surface area contributed by atoms with Crippen molar-refractivity contribution in [1.29, 1.82) is 0 Å². The van der Waals surface area contributed by atoms with Crippen molar-refractivity contribution >= 4 is 11.6 Å². The summed E-state index contributed by atoms with van der Waals surface area (Å²) in [4.78, 5) is 11.3. The van der Waals surface area contributed by atoms with Gasteiger partial charge in [0.05, 0.1) is 6.54 Å². The van der Waals surface area contributed by atoms with E-state index in [1.807, 2.05) is 6.92 Å². The predicted molar refractivity (Wildman–Crippen MR) is 82.9 cm³/mol. The van der Waals surface area contributed by atoms with E-state index >= 15 is 0 Å². The smallest absolute Gasteiger partial charge is 0.144 e. The molecule has 0 aromatic carbocycles. The molecular formula is C15H25ClN4. The van der Waals surface area contributed by atoms with Gasteiger partial charge in [0.15, 0.2) is 0 Å². The van der Waals surface area contributed by atoms with E-state index in [1.54, 1.807) is 6.07 Å². The molecule has 1 saturated heterocycles. The molecule has 1 aliphatic heterocycles. The fourth-order valence-corrected chi connectivity index (χ4v) is 2.95. The Labute approximate surface area is 126 Å². The highest BCUT2D eigenvalue weighted by Gasteiger charge is 2.20. The van der Waals surface area contributed by atoms with Crippen LogP contribution in [0.3, 0.4) is 0 Å². The SMILES string of the molecule is Cc1cc(Cl)nc(CN(CC2CCNCC2)C(C)C)n1. The van der Waals surface area contributed by atoms with E-state index in [2.05, 4.69) is 34.0 Å². The number of halogens is 1. The number of nitrogens with zero attached hydrogens (tertiary/aromatic N) is 3. The van der Waals surface area contributed by atoms with Crippen LogP contribution in [0.4, 0.5) is 0 Å². The van der Waals surface area contributed by atoms with E-state index in [9.17, 15) is 0 Å². The van der Waals surface area contributed by atoms with Gasteiger partial charge in [-0.2, -0.15) is 0 Å². The Morgan fingerprint density at radius 2 is 2.05 bits per heavy atom. The summed E-state index contributed by atoms with van der Waals surface area (Å²) in [5.74, 6) is 1.61. The number of hydrogen-bond donors (Lipinski definition) is 1. The van der Waals surface area contributed by atoms with E-state index in [-0.39, 0.29) is 0 Å². The van der Waals surface area contributed by atoms with Crippen molar-refractivity contribution in [2.75, 3.05) is 19.6 Å². The molecule has 1 aromatic heterocycles. The Morgan fingerprint density at radius 3 is 2.65 bits per heavy atom. The number of aromatic nitrogens is 2. The number of nitrogens with one attached hydrogen (secondary N) is 1. The largest absolute Gasteiger partial charge is 0.317 e. The molecule has 0 radical (unpaired) electrons. The first-order valence-electron chi connectivity index (χ1n) is 7.49. The maximum atomic E-state index is 6.03. The molecule has 2 rings (SSSR count). The van der Waals surface area contributed by atoms with Gasteiger partial charge in [0.1, 0.15) is 11.0 Å². The Kier molecular flexibility index (Phi) is 5.75. The molecular weight excluding hydrogens is 272 g/mol. The van der Waals surface area contributed by atoms with E-state index in [4.69, 9.17) is 11.6 Å². The molecule has 0 atom stereocenters. The molecule has 4 nitrogen and oxygen atoms in total. The Morgan fingerprint density at radius 1 is 1.35 bits per heavy atom. The van der Waals surface area contributed by atoms with Crippen LogP contribution < -0.4 is 5.32 Å². The maximum Gasteiger partial charge on any atom is 0.144 e. The normalized spacial score (nSPS) is 17.1. The fourth-order valence-electron chi connectivity index (χ4n) is 2.70. The highest BCUT2D eigenvalue weighted by molar-refractivity contribution is 6.29. The Balaban J connectivity index is 2.00. The first kappa shape index (κ1) is 15.7. The van der Waals surface area contributed by atoms with Gasteiger partial charge in [-0.3, -0.25) is 4.90 Å². The van der Waals surface area contributed by atoms with Crippen molar-refractivity contribution in [2.24, 2.45) is 5.92 Å². The molecule has 20 heavy (non-hydrogen) atoms. The quantitative estimate of drug-likeness (QED) is 0.848. The van der Waals surface area contributed by atoms with Crippen molar-refractivity contribution in [3.8, 4) is 0 Å². The molecule has 112 valence electrons. The molecule has 0 aliphatic carbocycles. The zero-order valence-electron chi connectivity index (χ0n) is 12.7. The minimum absolute atomic E-state index is 0.493. The second-order valence-electron chi connectivity index (χ2n) is 5.96. The lowest BCUT2D eigenvalue weighted by atomic mass is 9.97. The van der Waals surface area contributed by atoms with Gasteiger partial charge in [0, 0.05) is 18.3 Å². The first-order chi connectivity index (χ1) is 9.54. The van der Waals surface area contributed by atoms with Gasteiger partial charge in [0.25, 0.3) is 0 Å². The van der Waals surface area contributed by atoms with Crippen molar-refractivity contribution < 1.29 is 0 Å². The molecule has 2 heterocycles. The Hall–Kier alpha value is -0.710. The highest BCUT2D eigenvalue weighted by atomic mass is 35.5. The van der Waals surface area contributed by atoms with Crippen molar-refractivity contribution in [2.45, 2.75) is 46.2 Å². The number of aryl methyl sites for hydroxylation is 1. The van der Waals surface area contributed by atoms with Crippen LogP contribution in [0.5, 0.6) is 0 Å². The summed E-state index contributed by atoms with van der Waals surface area (Å²) in [5.41, 5.74) is 0.936. The standard InChI is InChI=1S/C15H25ClN4/c1-11(2)20(9-13-4-6-17-7-5-13)10-15-18-12(3)8-14(16)19-15/h8,11,13,17H,4-7,9-10H2,1-3H3. The number of piperidine rings is 1. The van der Waals surface area contributed by atoms with E-state index in [1.165, 1.54) is 12.8 Å². The summed E-state index contributed by atoms with van der Waals surface area (Å²) in [7, 11) is 0. The van der Waals surface area contributed by atoms with Crippen molar-refractivity contribution in [1.82, 2.24) is 20.2 Å². The van der Waals surface area contributed by atoms with E-state index in [0.29, 0.717) is 11.2 Å². The van der Waals surface area contributed by atoms with Gasteiger partial charge >= 0.3 is 0 Å². The van der Waals surface area contributed by atoms with Gasteiger partial charge in [-0.05, 0) is 58.7 Å². The average molecular weight is 297 g/mol. The van der Waals surface area contributed by atoms with Crippen LogP contribution in [0.2, 0.25) is 5.15 Å². The van der Waals surface area contributed by atoms with Gasteiger partial charge in [0.2, 0.25) is 0 Å². The third-order valence-corrected chi connectivity index (χ3v) is 4.09. The first-order valence-corrected chi connectivity index (χ1v) is 7.87. The Bertz CT molecular complexity index is 410. The molecule has 5 heteroatoms. The molecule has 0 bridgehead atoms. The fraction of sp³-hybridized carbons (Fsp3) is 0.733. The summed E-state index contributed by atoms with van der Waals surface area (Å²) in [6.45, 7) is 10.6. The van der Waals surface area contributed by atoms with Gasteiger partial charge in [-0.15, -0.1) is 0 Å². The van der Waals surface area contributed by atoms with Crippen LogP contribution in [0.25, 0.3) is 0 Å². The maximum absolute atomic E-state index is 6.03. The molecule has 0 saturated carbocycles. The lowest BCUT2D eigenvalue weighted by molar-refractivity contribution is 0.158. The minimum atomic E-state index is 0.493. The molecule has 1 fully saturated rings. The third kappa shape index (κ3) is 4.69. The minimum Gasteiger partial charge on any atom is -0.317 e. The second kappa shape index (κ2) is 7.34. The number of hydrogen-bond acceptors (Lipinski definition) is 4. The highest BCUT2D eigenvalue weighted by Crippen LogP contribution is 2.17. The topological polar surface area (TPSA) is 41.1 Å². The molecule has 1 aromatic rings. The zero-order valence-corrected chi connectivity index (χ0v) is 13.5. The summed E-state index contributed by atoms with van der Waals surface area (Å²) >= 11 is 6.03. The van der Waals surface area contributed by atoms with Crippen molar-refractivity contribution in [3.05, 3.63) is 22.7 Å². The summed E-state index contributed by atoms with van der Waals surface area (Å²) < 4.78 is 0. The monoisotopic (exact) mass is 296 g/mol. The number of rotatable bonds is 5. The van der Waals surface area contributed by atoms with Crippen LogP contribution in [-0.4, -0.2) is 40.5 Å². The van der Waals surface area contributed by atoms with Crippen LogP contribution in [0.15, 0.2) is 6.07 Å². The van der Waals surface area contributed by atoms with E-state index in [0.717, 1.165) is 43.6 Å². The average Bonchev–Trinajstić information content (AvgIpc) is 2.38. The molecule has 0 unspecified atom stereocenters. The summed E-state index contributed by atoms with van der Waals surface area (Å²) in [6, 6.07) is 2.30. The summed E-state index contributed by atoms with van der Waals surface area (Å²) in [5, 5.41) is 3.96. The second-order valence-corrected chi connectivity index (χ2v) is 6.35. The van der Waals surface area contributed by atoms with Crippen LogP contribution >= 0.6 is 11.6 Å². The third-order valence-electron chi connectivity index (χ3n) is 3.90. The molecule has 0 spiro atoms. The van der Waals surface area contributed by atoms with Crippen molar-refractivity contribution in [3.63, 3.8) is 0 Å². The lowest BCUT2D eigenvalue weighted by Gasteiger charge is -2.32. The van der Waals surface area contributed by atoms with E-state index < -0.39 is 0 Å². The molecule has 0 amide bonds. The summed E-state index contributed by atoms with van der Waals surface area (Å²) in [6.07, 6.45) is 2.53. The van der Waals surface area contributed by atoms with Gasteiger partial charge in [-0.1, -0.05) is 11.6 Å². The zero-order chi connectivity index (χ0) is 14.5. The van der Waals surface area contributed by atoms with Crippen LogP contribution in [0, 0.1) is 12.8 Å². The predicted octanol–water partition coefficient (Wildman–Crippen LogP) is 2.65. The molecule has 1 N–H and O–H groups in total. The van der Waals surface area contributed by atoms with Gasteiger partial charge < -0.3 is 5.32 Å². The molecule has 1 aliphatic rings. The van der Waals surface area contributed by atoms with Crippen LogP contribution in [-0.2, 0) is 6.54 Å².